The highest BCUT2D eigenvalue weighted by molar-refractivity contribution is 6.00. The molecule has 296 valence electrons. The molecule has 1 saturated heterocycles. The van der Waals surface area contributed by atoms with Crippen LogP contribution in [0, 0.1) is 36.4 Å². The molecule has 1 saturated carbocycles. The maximum Gasteiger partial charge on any atom is 0.417 e. The number of oxazole rings is 1. The molecule has 6 rings (SSSR count). The summed E-state index contributed by atoms with van der Waals surface area (Å²) in [6.07, 6.45) is 3.35. The number of H-pyrrole nitrogens is 1. The van der Waals surface area contributed by atoms with Crippen LogP contribution in [0.1, 0.15) is 87.2 Å². The van der Waals surface area contributed by atoms with Gasteiger partial charge in [-0.3, -0.25) is 24.2 Å². The first-order valence-electron chi connectivity index (χ1n) is 19.3. The zero-order chi connectivity index (χ0) is 40.1. The number of Topliss-reactive ketones (excluding diaryl/α,β-unsaturated/α-hetero) is 2. The number of aromatic amines is 1. The van der Waals surface area contributed by atoms with Crippen LogP contribution in [0.15, 0.2) is 63.8 Å². The van der Waals surface area contributed by atoms with E-state index in [1.807, 2.05) is 43.3 Å². The number of carbonyl (C=O) groups excluding carboxylic acids is 5. The van der Waals surface area contributed by atoms with E-state index in [9.17, 15) is 33.2 Å². The van der Waals surface area contributed by atoms with Crippen molar-refractivity contribution in [3.05, 3.63) is 87.7 Å². The fourth-order valence-corrected chi connectivity index (χ4v) is 7.68. The molecule has 1 aromatic heterocycles. The minimum absolute atomic E-state index is 0.0243. The van der Waals surface area contributed by atoms with Crippen LogP contribution in [0.25, 0.3) is 22.2 Å². The van der Waals surface area contributed by atoms with Gasteiger partial charge in [0.1, 0.15) is 11.4 Å². The lowest BCUT2D eigenvalue weighted by Crippen LogP contribution is -2.37. The van der Waals surface area contributed by atoms with Crippen molar-refractivity contribution in [2.75, 3.05) is 18.4 Å². The predicted molar refractivity (Wildman–Crippen MR) is 209 cm³/mol. The van der Waals surface area contributed by atoms with Crippen molar-refractivity contribution < 1.29 is 37.5 Å². The van der Waals surface area contributed by atoms with Gasteiger partial charge >= 0.3 is 11.8 Å². The number of amides is 3. The summed E-state index contributed by atoms with van der Waals surface area (Å²) in [5.41, 5.74) is 3.50. The molecule has 0 radical (unpaired) electrons. The van der Waals surface area contributed by atoms with Crippen molar-refractivity contribution in [1.29, 1.82) is 0 Å². The fourth-order valence-electron chi connectivity index (χ4n) is 7.68. The molecular formula is C43H49FN4O8. The Bertz CT molecular complexity index is 2180. The third-order valence-electron chi connectivity index (χ3n) is 10.7. The highest BCUT2D eigenvalue weighted by Gasteiger charge is 2.31. The first-order chi connectivity index (χ1) is 26.6. The van der Waals surface area contributed by atoms with E-state index in [-0.39, 0.29) is 71.3 Å². The van der Waals surface area contributed by atoms with Crippen LogP contribution in [0.2, 0.25) is 0 Å². The van der Waals surface area contributed by atoms with Crippen LogP contribution in [-0.2, 0) is 25.5 Å². The van der Waals surface area contributed by atoms with Crippen molar-refractivity contribution in [3.8, 4) is 11.1 Å². The Morgan fingerprint density at radius 3 is 2.36 bits per heavy atom. The van der Waals surface area contributed by atoms with Gasteiger partial charge in [-0.25, -0.2) is 14.0 Å². The average Bonchev–Trinajstić information content (AvgIpc) is 3.73. The van der Waals surface area contributed by atoms with Crippen LogP contribution >= 0.6 is 0 Å². The van der Waals surface area contributed by atoms with Crippen LogP contribution in [0.4, 0.5) is 14.9 Å². The van der Waals surface area contributed by atoms with Crippen LogP contribution in [0.3, 0.4) is 0 Å². The monoisotopic (exact) mass is 768 g/mol. The molecule has 1 aliphatic heterocycles. The molecular weight excluding hydrogens is 719 g/mol. The van der Waals surface area contributed by atoms with Crippen LogP contribution in [-0.4, -0.2) is 53.1 Å². The molecule has 13 heteroatoms. The highest BCUT2D eigenvalue weighted by Crippen LogP contribution is 2.32. The van der Waals surface area contributed by atoms with Gasteiger partial charge in [-0.1, -0.05) is 36.4 Å². The summed E-state index contributed by atoms with van der Waals surface area (Å²) in [7, 11) is 0. The number of hydrogen-bond donors (Lipinski definition) is 4. The van der Waals surface area contributed by atoms with Gasteiger partial charge in [-0.15, -0.1) is 0 Å². The zero-order valence-electron chi connectivity index (χ0n) is 32.2. The first kappa shape index (κ1) is 40.1. The number of nitrogens with one attached hydrogen (secondary N) is 4. The van der Waals surface area contributed by atoms with Crippen LogP contribution in [0.5, 0.6) is 0 Å². The van der Waals surface area contributed by atoms with Gasteiger partial charge in [0.15, 0.2) is 17.2 Å². The van der Waals surface area contributed by atoms with Gasteiger partial charge < -0.3 is 25.1 Å². The number of ether oxygens (including phenoxy) is 1. The molecule has 12 nitrogen and oxygen atoms in total. The van der Waals surface area contributed by atoms with Gasteiger partial charge in [-0.2, -0.15) is 0 Å². The minimum Gasteiger partial charge on any atom is -0.444 e. The number of ketones is 2. The SMILES string of the molecule is Cc1cc(C(=O)C[C@H]2CCNC2=O)ccc1-c1ccc(C[C@H](CC(=O)C2CCC(CNC(=O)OC(C)(C)C)CC2)C(=O)Nc2cc(F)c3oc(=O)[nH]c3c2)cc1. The first-order valence-corrected chi connectivity index (χ1v) is 19.3. The highest BCUT2D eigenvalue weighted by atomic mass is 19.1. The number of fused-ring (bicyclic) bond motifs is 1. The summed E-state index contributed by atoms with van der Waals surface area (Å²) in [6.45, 7) is 8.40. The van der Waals surface area contributed by atoms with Crippen molar-refractivity contribution in [2.24, 2.45) is 23.7 Å². The molecule has 2 atom stereocenters. The molecule has 1 aliphatic carbocycles. The van der Waals surface area contributed by atoms with Crippen molar-refractivity contribution >= 4 is 46.3 Å². The van der Waals surface area contributed by atoms with Crippen molar-refractivity contribution in [2.45, 2.75) is 84.7 Å². The molecule has 3 amide bonds. The predicted octanol–water partition coefficient (Wildman–Crippen LogP) is 7.03. The summed E-state index contributed by atoms with van der Waals surface area (Å²) in [6, 6.07) is 15.7. The topological polar surface area (TPSA) is 177 Å². The smallest absolute Gasteiger partial charge is 0.417 e. The molecule has 2 aliphatic rings. The second kappa shape index (κ2) is 17.1. The fraction of sp³-hybridized carbons (Fsp3) is 0.442. The second-order valence-electron chi connectivity index (χ2n) is 16.1. The second-order valence-corrected chi connectivity index (χ2v) is 16.1. The van der Waals surface area contributed by atoms with E-state index in [1.165, 1.54) is 6.07 Å². The number of aryl methyl sites for hydroxylation is 1. The lowest BCUT2D eigenvalue weighted by molar-refractivity contribution is -0.129. The normalized spacial score (nSPS) is 18.9. The van der Waals surface area contributed by atoms with Crippen molar-refractivity contribution in [3.63, 3.8) is 0 Å². The molecule has 4 N–H and O–H groups in total. The number of carbonyl (C=O) groups is 5. The number of benzene rings is 3. The summed E-state index contributed by atoms with van der Waals surface area (Å²) in [5.74, 6) is -3.37. The largest absolute Gasteiger partial charge is 0.444 e. The number of aromatic nitrogens is 1. The lowest BCUT2D eigenvalue weighted by Gasteiger charge is -2.29. The minimum atomic E-state index is -0.820. The van der Waals surface area contributed by atoms with Gasteiger partial charge in [0.2, 0.25) is 11.8 Å². The van der Waals surface area contributed by atoms with Gasteiger partial charge in [-0.05, 0) is 107 Å². The Balaban J connectivity index is 1.13. The van der Waals surface area contributed by atoms with E-state index in [0.29, 0.717) is 37.9 Å². The Labute approximate surface area is 324 Å². The van der Waals surface area contributed by atoms with Crippen LogP contribution < -0.4 is 21.7 Å². The molecule has 4 aromatic rings. The Kier molecular flexibility index (Phi) is 12.2. The van der Waals surface area contributed by atoms with E-state index >= 15 is 0 Å². The summed E-state index contributed by atoms with van der Waals surface area (Å²) < 4.78 is 24.9. The molecule has 2 fully saturated rings. The number of hydrogen-bond acceptors (Lipinski definition) is 8. The molecule has 0 spiro atoms. The Hall–Kier alpha value is -5.59. The summed E-state index contributed by atoms with van der Waals surface area (Å²) in [5, 5.41) is 8.35. The van der Waals surface area contributed by atoms with Gasteiger partial charge in [0, 0.05) is 61.0 Å². The average molecular weight is 769 g/mol. The molecule has 0 bridgehead atoms. The Morgan fingerprint density at radius 1 is 0.964 bits per heavy atom. The summed E-state index contributed by atoms with van der Waals surface area (Å²) >= 11 is 0. The lowest BCUT2D eigenvalue weighted by atomic mass is 9.77. The van der Waals surface area contributed by atoms with E-state index < -0.39 is 35.1 Å². The molecule has 56 heavy (non-hydrogen) atoms. The zero-order valence-corrected chi connectivity index (χ0v) is 32.2. The number of halogens is 1. The van der Waals surface area contributed by atoms with Crippen molar-refractivity contribution in [1.82, 2.24) is 15.6 Å². The Morgan fingerprint density at radius 2 is 1.70 bits per heavy atom. The van der Waals surface area contributed by atoms with E-state index in [1.54, 1.807) is 26.8 Å². The van der Waals surface area contributed by atoms with E-state index in [2.05, 4.69) is 20.9 Å². The molecule has 3 aromatic carbocycles. The third kappa shape index (κ3) is 10.2. The standard InChI is InChI=1S/C43H49FN4O8/c1-24-17-29(37(50)19-30-15-16-45-39(30)51)13-14-33(24)27-9-5-25(6-10-27)18-31(40(52)47-32-21-34(44)38-35(22-32)48-42(54)55-38)20-36(49)28-11-7-26(8-12-28)23-46-41(53)56-43(2,3)4/h5-6,9-10,13-14,17,21-22,26,28,30-31H,7-8,11-12,15-16,18-20,23H2,1-4H3,(H,45,51)(H,46,53)(H,47,52)(H,48,54)/t26?,28?,30-,31-/m1/s1. The van der Waals surface area contributed by atoms with Gasteiger partial charge in [0.25, 0.3) is 0 Å². The number of anilines is 1. The maximum atomic E-state index is 14.8. The summed E-state index contributed by atoms with van der Waals surface area (Å²) in [4.78, 5) is 78.7. The quantitative estimate of drug-likeness (QED) is 0.105. The molecule has 2 heterocycles. The number of alkyl carbamates (subject to hydrolysis) is 1. The van der Waals surface area contributed by atoms with E-state index in [4.69, 9.17) is 9.15 Å². The van der Waals surface area contributed by atoms with E-state index in [0.717, 1.165) is 41.2 Å². The maximum absolute atomic E-state index is 14.8. The molecule has 0 unspecified atom stereocenters. The number of rotatable bonds is 13. The van der Waals surface area contributed by atoms with Gasteiger partial charge in [0.05, 0.1) is 5.52 Å². The third-order valence-corrected chi connectivity index (χ3v) is 10.7.